The Balaban J connectivity index is 2.38. The molecule has 2 amide bonds. The second-order valence-corrected chi connectivity index (χ2v) is 5.75. The Hall–Kier alpha value is -2.28. The number of rotatable bonds is 6. The molecule has 2 rings (SSSR count). The quantitative estimate of drug-likeness (QED) is 0.610. The molecule has 0 aromatic heterocycles. The predicted octanol–water partition coefficient (Wildman–Crippen LogP) is 1.77. The third-order valence-corrected chi connectivity index (χ3v) is 4.25. The van der Waals surface area contributed by atoms with Crippen LogP contribution in [0.25, 0.3) is 0 Å². The van der Waals surface area contributed by atoms with Gasteiger partial charge >= 0.3 is 0 Å². The molecule has 1 saturated heterocycles. The highest BCUT2D eigenvalue weighted by molar-refractivity contribution is 5.98. The van der Waals surface area contributed by atoms with Gasteiger partial charge in [-0.2, -0.15) is 0 Å². The first kappa shape index (κ1) is 18.1. The van der Waals surface area contributed by atoms with Crippen LogP contribution in [-0.2, 0) is 11.2 Å². The van der Waals surface area contributed by atoms with Gasteiger partial charge < -0.3 is 14.4 Å². The number of amides is 2. The van der Waals surface area contributed by atoms with Crippen LogP contribution in [0.5, 0.6) is 11.5 Å². The molecule has 1 atom stereocenters. The van der Waals surface area contributed by atoms with E-state index < -0.39 is 11.9 Å². The largest absolute Gasteiger partial charge is 0.493 e. The fourth-order valence-corrected chi connectivity index (χ4v) is 3.14. The van der Waals surface area contributed by atoms with Crippen LogP contribution in [-0.4, -0.2) is 48.7 Å². The Morgan fingerprint density at radius 2 is 2.08 bits per heavy atom. The van der Waals surface area contributed by atoms with E-state index in [9.17, 15) is 9.59 Å². The zero-order valence-electron chi connectivity index (χ0n) is 14.3. The van der Waals surface area contributed by atoms with E-state index in [4.69, 9.17) is 14.7 Å². The molecule has 0 bridgehead atoms. The fourth-order valence-electron chi connectivity index (χ4n) is 3.14. The predicted molar refractivity (Wildman–Crippen MR) is 87.5 cm³/mol. The van der Waals surface area contributed by atoms with E-state index in [0.717, 1.165) is 24.8 Å². The molecule has 1 heterocycles. The van der Waals surface area contributed by atoms with Crippen LogP contribution < -0.4 is 15.0 Å². The smallest absolute Gasteiger partial charge is 0.266 e. The number of hydroxylamine groups is 1. The first-order valence-corrected chi connectivity index (χ1v) is 8.07. The lowest BCUT2D eigenvalue weighted by molar-refractivity contribution is -0.133. The average Bonchev–Trinajstić information content (AvgIpc) is 3.09. The van der Waals surface area contributed by atoms with Crippen molar-refractivity contribution in [3.63, 3.8) is 0 Å². The molecule has 2 N–H and O–H groups in total. The van der Waals surface area contributed by atoms with Crippen LogP contribution in [0.3, 0.4) is 0 Å². The molecule has 7 heteroatoms. The number of carbonyl (C=O) groups is 2. The first-order valence-electron chi connectivity index (χ1n) is 8.07. The van der Waals surface area contributed by atoms with E-state index in [0.29, 0.717) is 30.0 Å². The lowest BCUT2D eigenvalue weighted by Crippen LogP contribution is -2.45. The summed E-state index contributed by atoms with van der Waals surface area (Å²) < 4.78 is 10.8. The lowest BCUT2D eigenvalue weighted by Gasteiger charge is -2.24. The van der Waals surface area contributed by atoms with Crippen LogP contribution in [0.4, 0.5) is 0 Å². The van der Waals surface area contributed by atoms with Gasteiger partial charge in [0, 0.05) is 12.1 Å². The summed E-state index contributed by atoms with van der Waals surface area (Å²) in [5, 5.41) is 8.86. The molecule has 1 aromatic carbocycles. The van der Waals surface area contributed by atoms with Gasteiger partial charge in [-0.15, -0.1) is 0 Å². The van der Waals surface area contributed by atoms with Gasteiger partial charge in [0.25, 0.3) is 11.8 Å². The molecule has 24 heavy (non-hydrogen) atoms. The maximum atomic E-state index is 12.9. The van der Waals surface area contributed by atoms with Crippen molar-refractivity contribution in [3.05, 3.63) is 23.3 Å². The van der Waals surface area contributed by atoms with Crippen molar-refractivity contribution < 1.29 is 24.3 Å². The minimum absolute atomic E-state index is 0.251. The van der Waals surface area contributed by atoms with Crippen LogP contribution >= 0.6 is 0 Å². The van der Waals surface area contributed by atoms with Crippen LogP contribution in [0.15, 0.2) is 12.1 Å². The average molecular weight is 336 g/mol. The first-order chi connectivity index (χ1) is 11.6. The van der Waals surface area contributed by atoms with Gasteiger partial charge in [0.15, 0.2) is 11.5 Å². The Kier molecular flexibility index (Phi) is 6.03. The van der Waals surface area contributed by atoms with Crippen LogP contribution in [0.1, 0.15) is 42.1 Å². The van der Waals surface area contributed by atoms with Gasteiger partial charge in [-0.3, -0.25) is 14.8 Å². The van der Waals surface area contributed by atoms with Crippen molar-refractivity contribution in [2.45, 2.75) is 38.6 Å². The van der Waals surface area contributed by atoms with E-state index >= 15 is 0 Å². The number of hydrogen-bond acceptors (Lipinski definition) is 5. The summed E-state index contributed by atoms with van der Waals surface area (Å²) in [4.78, 5) is 26.1. The number of nitrogens with zero attached hydrogens (tertiary/aromatic N) is 1. The minimum atomic E-state index is -0.648. The van der Waals surface area contributed by atoms with Gasteiger partial charge in [0.2, 0.25) is 0 Å². The topological polar surface area (TPSA) is 88.1 Å². The van der Waals surface area contributed by atoms with Crippen molar-refractivity contribution in [3.8, 4) is 11.5 Å². The molecule has 0 saturated carbocycles. The number of carbonyl (C=O) groups excluding carboxylic acids is 2. The normalized spacial score (nSPS) is 16.8. The maximum Gasteiger partial charge on any atom is 0.266 e. The number of hydrogen-bond donors (Lipinski definition) is 2. The minimum Gasteiger partial charge on any atom is -0.493 e. The molecule has 1 aromatic rings. The number of likely N-dealkylation sites (tertiary alicyclic amines) is 1. The monoisotopic (exact) mass is 336 g/mol. The van der Waals surface area contributed by atoms with E-state index in [-0.39, 0.29) is 5.91 Å². The van der Waals surface area contributed by atoms with E-state index in [2.05, 4.69) is 0 Å². The highest BCUT2D eigenvalue weighted by Crippen LogP contribution is 2.34. The number of aryl methyl sites for hydroxylation is 1. The fraction of sp³-hybridized carbons (Fsp3) is 0.529. The lowest BCUT2D eigenvalue weighted by atomic mass is 10.0. The molecule has 0 aliphatic carbocycles. The van der Waals surface area contributed by atoms with Crippen molar-refractivity contribution >= 4 is 11.8 Å². The third kappa shape index (κ3) is 3.46. The summed E-state index contributed by atoms with van der Waals surface area (Å²) in [5.74, 6) is 0.311. The zero-order chi connectivity index (χ0) is 17.7. The summed E-state index contributed by atoms with van der Waals surface area (Å²) in [7, 11) is 3.10. The second kappa shape index (κ2) is 8.01. The Bertz CT molecular complexity index is 617. The molecule has 0 spiro atoms. The van der Waals surface area contributed by atoms with E-state index in [1.807, 2.05) is 6.92 Å². The van der Waals surface area contributed by atoms with E-state index in [1.54, 1.807) is 24.7 Å². The second-order valence-electron chi connectivity index (χ2n) is 5.75. The van der Waals surface area contributed by atoms with Gasteiger partial charge in [-0.1, -0.05) is 13.3 Å². The van der Waals surface area contributed by atoms with E-state index in [1.165, 1.54) is 12.0 Å². The number of ether oxygens (including phenoxy) is 2. The summed E-state index contributed by atoms with van der Waals surface area (Å²) in [5.41, 5.74) is 2.98. The Morgan fingerprint density at radius 3 is 2.67 bits per heavy atom. The third-order valence-electron chi connectivity index (χ3n) is 4.25. The highest BCUT2D eigenvalue weighted by Gasteiger charge is 2.35. The maximum absolute atomic E-state index is 12.9. The standard InChI is InChI=1S/C17H24N2O5/c1-4-6-11-9-12(10-14(23-2)15(11)24-3)17(21)19-8-5-7-13(19)16(20)18-22/h9-10,13,22H,4-8H2,1-3H3,(H,18,20)/t13-/m1/s1. The molecule has 1 aliphatic rings. The summed E-state index contributed by atoms with van der Waals surface area (Å²) in [6.07, 6.45) is 2.91. The molecule has 132 valence electrons. The van der Waals surface area contributed by atoms with Gasteiger partial charge in [-0.25, -0.2) is 5.48 Å². The molecule has 1 fully saturated rings. The molecule has 1 aliphatic heterocycles. The Labute approximate surface area is 141 Å². The van der Waals surface area contributed by atoms with Crippen molar-refractivity contribution in [2.75, 3.05) is 20.8 Å². The summed E-state index contributed by atoms with van der Waals surface area (Å²) in [6.45, 7) is 2.52. The van der Waals surface area contributed by atoms with Gasteiger partial charge in [-0.05, 0) is 37.0 Å². The summed E-state index contributed by atoms with van der Waals surface area (Å²) >= 11 is 0. The number of methoxy groups -OCH3 is 2. The van der Waals surface area contributed by atoms with Gasteiger partial charge in [0.1, 0.15) is 6.04 Å². The van der Waals surface area contributed by atoms with Crippen molar-refractivity contribution in [1.29, 1.82) is 0 Å². The van der Waals surface area contributed by atoms with Crippen molar-refractivity contribution in [2.24, 2.45) is 0 Å². The van der Waals surface area contributed by atoms with Crippen LogP contribution in [0, 0.1) is 0 Å². The SMILES string of the molecule is CCCc1cc(C(=O)N2CCC[C@@H]2C(=O)NO)cc(OC)c1OC. The molecular weight excluding hydrogens is 312 g/mol. The zero-order valence-corrected chi connectivity index (χ0v) is 14.3. The molecule has 0 unspecified atom stereocenters. The van der Waals surface area contributed by atoms with Crippen LogP contribution in [0.2, 0.25) is 0 Å². The van der Waals surface area contributed by atoms with Gasteiger partial charge in [0.05, 0.1) is 14.2 Å². The summed E-state index contributed by atoms with van der Waals surface area (Å²) in [6, 6.07) is 2.77. The highest BCUT2D eigenvalue weighted by atomic mass is 16.5. The number of nitrogens with one attached hydrogen (secondary N) is 1. The molecular formula is C17H24N2O5. The molecule has 0 radical (unpaired) electrons. The number of benzene rings is 1. The van der Waals surface area contributed by atoms with Crippen molar-refractivity contribution in [1.82, 2.24) is 10.4 Å². The molecule has 7 nitrogen and oxygen atoms in total. The Morgan fingerprint density at radius 1 is 1.33 bits per heavy atom.